The molecule has 4 heteroatoms. The van der Waals surface area contributed by atoms with Crippen molar-refractivity contribution in [3.8, 4) is 0 Å². The van der Waals surface area contributed by atoms with Crippen LogP contribution >= 0.6 is 0 Å². The summed E-state index contributed by atoms with van der Waals surface area (Å²) in [5, 5.41) is 0. The van der Waals surface area contributed by atoms with E-state index in [1.165, 1.54) is 13.2 Å². The maximum Gasteiger partial charge on any atom is 0.330 e. The van der Waals surface area contributed by atoms with E-state index in [0.717, 1.165) is 25.7 Å². The minimum Gasteiger partial charge on any atom is -0.466 e. The average Bonchev–Trinajstić information content (AvgIpc) is 2.85. The Kier molecular flexibility index (Phi) is 3.04. The molecule has 2 fully saturated rings. The minimum absolute atomic E-state index is 0.364. The zero-order chi connectivity index (χ0) is 11.6. The molecule has 90 valence electrons. The van der Waals surface area contributed by atoms with Gasteiger partial charge in [-0.1, -0.05) is 0 Å². The predicted molar refractivity (Wildman–Crippen MR) is 57.8 cm³/mol. The molecular weight excluding hydrogens is 208 g/mol. The van der Waals surface area contributed by atoms with Crippen LogP contribution in [-0.2, 0) is 19.0 Å². The number of esters is 1. The van der Waals surface area contributed by atoms with Crippen LogP contribution in [0.5, 0.6) is 0 Å². The Balaban J connectivity index is 2.00. The van der Waals surface area contributed by atoms with Crippen molar-refractivity contribution in [2.24, 2.45) is 0 Å². The van der Waals surface area contributed by atoms with Crippen molar-refractivity contribution in [1.82, 2.24) is 0 Å². The van der Waals surface area contributed by atoms with Gasteiger partial charge < -0.3 is 14.2 Å². The summed E-state index contributed by atoms with van der Waals surface area (Å²) < 4.78 is 16.3. The Morgan fingerprint density at radius 2 is 2.06 bits per heavy atom. The molecule has 1 atom stereocenters. The molecule has 0 radical (unpaired) electrons. The molecule has 1 saturated carbocycles. The second-order valence-electron chi connectivity index (χ2n) is 4.68. The van der Waals surface area contributed by atoms with Gasteiger partial charge in [-0.2, -0.15) is 0 Å². The third kappa shape index (κ3) is 2.28. The molecule has 16 heavy (non-hydrogen) atoms. The number of rotatable bonds is 2. The summed E-state index contributed by atoms with van der Waals surface area (Å²) in [5.41, 5.74) is -0.501. The fourth-order valence-corrected chi connectivity index (χ4v) is 2.31. The van der Waals surface area contributed by atoms with E-state index in [9.17, 15) is 4.79 Å². The van der Waals surface area contributed by atoms with Crippen LogP contribution in [-0.4, -0.2) is 31.1 Å². The third-order valence-electron chi connectivity index (χ3n) is 3.18. The molecule has 1 aliphatic heterocycles. The first-order valence-corrected chi connectivity index (χ1v) is 5.69. The number of ether oxygens (including phenoxy) is 3. The standard InChI is InChI=1S/C12H18O4/c1-11(8-5-10(13)14-2)9-15-12(16-11)6-3-4-7-12/h5,8H,3-4,6-7,9H2,1-2H3/b8-5+/t11-/m1/s1. The van der Waals surface area contributed by atoms with Gasteiger partial charge in [-0.3, -0.25) is 0 Å². The number of carbonyl (C=O) groups excluding carboxylic acids is 1. The maximum atomic E-state index is 11.0. The molecular formula is C12H18O4. The topological polar surface area (TPSA) is 44.8 Å². The van der Waals surface area contributed by atoms with Crippen molar-refractivity contribution < 1.29 is 19.0 Å². The first-order valence-electron chi connectivity index (χ1n) is 5.69. The average molecular weight is 226 g/mol. The van der Waals surface area contributed by atoms with E-state index in [0.29, 0.717) is 6.61 Å². The van der Waals surface area contributed by atoms with E-state index < -0.39 is 11.4 Å². The van der Waals surface area contributed by atoms with E-state index >= 15 is 0 Å². The Bertz CT molecular complexity index is 304. The largest absolute Gasteiger partial charge is 0.466 e. The molecule has 0 bridgehead atoms. The summed E-state index contributed by atoms with van der Waals surface area (Å²) in [6, 6.07) is 0. The second kappa shape index (κ2) is 4.18. The third-order valence-corrected chi connectivity index (χ3v) is 3.18. The van der Waals surface area contributed by atoms with Gasteiger partial charge in [0.05, 0.1) is 13.7 Å². The lowest BCUT2D eigenvalue weighted by atomic mass is 10.1. The number of hydrogen-bond donors (Lipinski definition) is 0. The Morgan fingerprint density at radius 1 is 1.38 bits per heavy atom. The van der Waals surface area contributed by atoms with Gasteiger partial charge in [-0.05, 0) is 25.8 Å². The van der Waals surface area contributed by atoms with Crippen molar-refractivity contribution in [2.45, 2.75) is 44.0 Å². The zero-order valence-electron chi connectivity index (χ0n) is 9.82. The van der Waals surface area contributed by atoms with Crippen molar-refractivity contribution in [3.05, 3.63) is 12.2 Å². The monoisotopic (exact) mass is 226 g/mol. The van der Waals surface area contributed by atoms with Crippen molar-refractivity contribution in [3.63, 3.8) is 0 Å². The second-order valence-corrected chi connectivity index (χ2v) is 4.68. The summed E-state index contributed by atoms with van der Waals surface area (Å²) >= 11 is 0. The highest BCUT2D eigenvalue weighted by atomic mass is 16.8. The summed E-state index contributed by atoms with van der Waals surface area (Å²) in [7, 11) is 1.36. The van der Waals surface area contributed by atoms with Gasteiger partial charge in [0.1, 0.15) is 5.60 Å². The molecule has 0 N–H and O–H groups in total. The van der Waals surface area contributed by atoms with Gasteiger partial charge in [0, 0.05) is 18.9 Å². The fourth-order valence-electron chi connectivity index (χ4n) is 2.31. The van der Waals surface area contributed by atoms with Crippen molar-refractivity contribution in [2.75, 3.05) is 13.7 Å². The lowest BCUT2D eigenvalue weighted by Gasteiger charge is -2.25. The van der Waals surface area contributed by atoms with E-state index in [4.69, 9.17) is 9.47 Å². The normalized spacial score (nSPS) is 32.6. The highest BCUT2D eigenvalue weighted by Crippen LogP contribution is 2.43. The van der Waals surface area contributed by atoms with E-state index in [1.807, 2.05) is 6.92 Å². The van der Waals surface area contributed by atoms with Crippen LogP contribution in [0.1, 0.15) is 32.6 Å². The summed E-state index contributed by atoms with van der Waals surface area (Å²) in [6.07, 6.45) is 7.33. The molecule has 0 aromatic carbocycles. The molecule has 0 aromatic rings. The molecule has 1 aliphatic carbocycles. The predicted octanol–water partition coefficient (Wildman–Crippen LogP) is 1.79. The van der Waals surface area contributed by atoms with Gasteiger partial charge in [-0.15, -0.1) is 0 Å². The van der Waals surface area contributed by atoms with Gasteiger partial charge in [-0.25, -0.2) is 4.79 Å². The Labute approximate surface area is 95.6 Å². The minimum atomic E-state index is -0.501. The van der Waals surface area contributed by atoms with Gasteiger partial charge >= 0.3 is 5.97 Å². The van der Waals surface area contributed by atoms with Crippen LogP contribution in [0.4, 0.5) is 0 Å². The highest BCUT2D eigenvalue weighted by Gasteiger charge is 2.48. The first kappa shape index (κ1) is 11.6. The SMILES string of the molecule is COC(=O)/C=C/[C@]1(C)COC2(CCCC2)O1. The van der Waals surface area contributed by atoms with Gasteiger partial charge in [0.25, 0.3) is 0 Å². The van der Waals surface area contributed by atoms with Gasteiger partial charge in [0.2, 0.25) is 0 Å². The first-order chi connectivity index (χ1) is 7.58. The fraction of sp³-hybridized carbons (Fsp3) is 0.750. The Hall–Kier alpha value is -0.870. The number of hydrogen-bond acceptors (Lipinski definition) is 4. The van der Waals surface area contributed by atoms with E-state index in [-0.39, 0.29) is 5.97 Å². The lowest BCUT2D eigenvalue weighted by molar-refractivity contribution is -0.171. The smallest absolute Gasteiger partial charge is 0.330 e. The molecule has 1 heterocycles. The summed E-state index contributed by atoms with van der Waals surface area (Å²) in [6.45, 7) is 2.43. The van der Waals surface area contributed by atoms with Crippen LogP contribution in [0, 0.1) is 0 Å². The summed E-state index contributed by atoms with van der Waals surface area (Å²) in [4.78, 5) is 11.0. The van der Waals surface area contributed by atoms with Crippen LogP contribution in [0.15, 0.2) is 12.2 Å². The molecule has 1 spiro atoms. The summed E-state index contributed by atoms with van der Waals surface area (Å²) in [5.74, 6) is -0.757. The molecule has 2 rings (SSSR count). The van der Waals surface area contributed by atoms with Crippen LogP contribution < -0.4 is 0 Å². The van der Waals surface area contributed by atoms with Gasteiger partial charge in [0.15, 0.2) is 5.79 Å². The maximum absolute atomic E-state index is 11.0. The van der Waals surface area contributed by atoms with Crippen LogP contribution in [0.3, 0.4) is 0 Å². The molecule has 0 aromatic heterocycles. The number of methoxy groups -OCH3 is 1. The quantitative estimate of drug-likeness (QED) is 0.532. The molecule has 0 unspecified atom stereocenters. The Morgan fingerprint density at radius 3 is 2.69 bits per heavy atom. The number of carbonyl (C=O) groups is 1. The molecule has 2 aliphatic rings. The highest BCUT2D eigenvalue weighted by molar-refractivity contribution is 5.81. The van der Waals surface area contributed by atoms with E-state index in [2.05, 4.69) is 4.74 Å². The zero-order valence-corrected chi connectivity index (χ0v) is 9.82. The van der Waals surface area contributed by atoms with Crippen molar-refractivity contribution >= 4 is 5.97 Å². The molecule has 1 saturated heterocycles. The van der Waals surface area contributed by atoms with Crippen LogP contribution in [0.2, 0.25) is 0 Å². The molecule has 0 amide bonds. The van der Waals surface area contributed by atoms with E-state index in [1.54, 1.807) is 6.08 Å². The lowest BCUT2D eigenvalue weighted by Crippen LogP contribution is -2.31. The molecule has 4 nitrogen and oxygen atoms in total. The van der Waals surface area contributed by atoms with Crippen LogP contribution in [0.25, 0.3) is 0 Å². The van der Waals surface area contributed by atoms with Crippen molar-refractivity contribution in [1.29, 1.82) is 0 Å².